The van der Waals surface area contributed by atoms with E-state index in [2.05, 4.69) is 158 Å². The SMILES string of the molecule is c1ccc(-c2ccc(-c3cccc(-c4cccc(-c5nc(-c6ccc7ccccc7c6)c6ccc7c8ccccc8oc7c6n5)c4)c3)cc2)cc1.c1ccccc1. The minimum Gasteiger partial charge on any atom is -0.454 e. The number of nitrogens with zero attached hydrogens (tertiary/aromatic N) is 2. The maximum atomic E-state index is 6.51. The van der Waals surface area contributed by atoms with Crippen molar-refractivity contribution in [3.05, 3.63) is 218 Å². The summed E-state index contributed by atoms with van der Waals surface area (Å²) in [5, 5.41) is 5.46. The highest BCUT2D eigenvalue weighted by molar-refractivity contribution is 6.16. The summed E-state index contributed by atoms with van der Waals surface area (Å²) in [5.41, 5.74) is 12.3. The molecule has 2 heterocycles. The molecule has 57 heavy (non-hydrogen) atoms. The lowest BCUT2D eigenvalue weighted by molar-refractivity contribution is 0.671. The number of furan rings is 1. The van der Waals surface area contributed by atoms with Gasteiger partial charge in [-0.05, 0) is 80.6 Å². The number of hydrogen-bond acceptors (Lipinski definition) is 3. The first-order chi connectivity index (χ1) is 28.2. The molecule has 3 heteroatoms. The van der Waals surface area contributed by atoms with E-state index in [1.165, 1.54) is 33.0 Å². The molecule has 9 aromatic carbocycles. The summed E-state index contributed by atoms with van der Waals surface area (Å²) in [6.45, 7) is 0. The van der Waals surface area contributed by atoms with E-state index in [-0.39, 0.29) is 0 Å². The molecule has 268 valence electrons. The Morgan fingerprint density at radius 2 is 0.807 bits per heavy atom. The van der Waals surface area contributed by atoms with E-state index >= 15 is 0 Å². The molecule has 0 bridgehead atoms. The number of aromatic nitrogens is 2. The van der Waals surface area contributed by atoms with Crippen LogP contribution in [0.2, 0.25) is 0 Å². The number of rotatable bonds is 5. The third-order valence-corrected chi connectivity index (χ3v) is 10.5. The molecule has 0 saturated carbocycles. The van der Waals surface area contributed by atoms with Gasteiger partial charge < -0.3 is 4.42 Å². The van der Waals surface area contributed by atoms with E-state index in [9.17, 15) is 0 Å². The Bertz CT molecular complexity index is 3140. The van der Waals surface area contributed by atoms with Crippen LogP contribution in [0.5, 0.6) is 0 Å². The molecule has 0 aliphatic heterocycles. The lowest BCUT2D eigenvalue weighted by atomic mass is 9.96. The molecular weight excluding hydrogens is 693 g/mol. The molecule has 0 atom stereocenters. The fourth-order valence-corrected chi connectivity index (χ4v) is 7.65. The lowest BCUT2D eigenvalue weighted by Crippen LogP contribution is -1.96. The van der Waals surface area contributed by atoms with Crippen molar-refractivity contribution in [2.45, 2.75) is 0 Å². The standard InChI is InChI=1S/C48H30N2O.C6H6/c1-2-10-31(11-3-1)33-20-22-34(23-21-33)36-14-8-15-37(28-36)38-16-9-17-40(30-38)48-49-45(39-25-24-32-12-4-5-13-35(32)29-39)43-27-26-42-41-18-6-7-19-44(41)51-47(42)46(43)50-48;1-2-4-6-5-3-1/h1-30H;1-6H. The third-order valence-electron chi connectivity index (χ3n) is 10.5. The number of fused-ring (bicyclic) bond motifs is 6. The molecule has 0 spiro atoms. The topological polar surface area (TPSA) is 38.9 Å². The van der Waals surface area contributed by atoms with Crippen molar-refractivity contribution >= 4 is 43.6 Å². The number of hydrogen-bond donors (Lipinski definition) is 0. The zero-order valence-electron chi connectivity index (χ0n) is 31.1. The second-order valence-electron chi connectivity index (χ2n) is 14.2. The molecule has 0 radical (unpaired) electrons. The van der Waals surface area contributed by atoms with Crippen molar-refractivity contribution in [2.75, 3.05) is 0 Å². The Hall–Kier alpha value is -7.62. The summed E-state index contributed by atoms with van der Waals surface area (Å²) in [7, 11) is 0. The van der Waals surface area contributed by atoms with Gasteiger partial charge in [-0.3, -0.25) is 0 Å². The molecule has 0 saturated heterocycles. The molecule has 0 unspecified atom stereocenters. The highest BCUT2D eigenvalue weighted by Gasteiger charge is 2.18. The van der Waals surface area contributed by atoms with Crippen LogP contribution >= 0.6 is 0 Å². The molecule has 0 aliphatic carbocycles. The van der Waals surface area contributed by atoms with Gasteiger partial charge in [0.15, 0.2) is 11.4 Å². The normalized spacial score (nSPS) is 11.2. The smallest absolute Gasteiger partial charge is 0.161 e. The van der Waals surface area contributed by atoms with Crippen molar-refractivity contribution < 1.29 is 4.42 Å². The van der Waals surface area contributed by atoms with Gasteiger partial charge in [0.1, 0.15) is 11.1 Å². The predicted molar refractivity (Wildman–Crippen MR) is 238 cm³/mol. The second kappa shape index (κ2) is 14.9. The quantitative estimate of drug-likeness (QED) is 0.177. The van der Waals surface area contributed by atoms with Crippen LogP contribution in [0.3, 0.4) is 0 Å². The van der Waals surface area contributed by atoms with Crippen LogP contribution in [0, 0.1) is 0 Å². The van der Waals surface area contributed by atoms with E-state index in [0.29, 0.717) is 5.82 Å². The van der Waals surface area contributed by atoms with Crippen LogP contribution < -0.4 is 0 Å². The first-order valence-corrected chi connectivity index (χ1v) is 19.2. The zero-order valence-corrected chi connectivity index (χ0v) is 31.1. The molecule has 3 nitrogen and oxygen atoms in total. The van der Waals surface area contributed by atoms with E-state index in [0.717, 1.165) is 60.8 Å². The predicted octanol–water partition coefficient (Wildman–Crippen LogP) is 14.7. The number of para-hydroxylation sites is 1. The van der Waals surface area contributed by atoms with Crippen LogP contribution in [0.1, 0.15) is 0 Å². The summed E-state index contributed by atoms with van der Waals surface area (Å²) in [6.07, 6.45) is 0. The molecule has 0 N–H and O–H groups in total. The largest absolute Gasteiger partial charge is 0.454 e. The maximum absolute atomic E-state index is 6.51. The Morgan fingerprint density at radius 1 is 0.298 bits per heavy atom. The third kappa shape index (κ3) is 6.73. The molecule has 0 aliphatic rings. The van der Waals surface area contributed by atoms with Crippen molar-refractivity contribution in [2.24, 2.45) is 0 Å². The van der Waals surface area contributed by atoms with Gasteiger partial charge in [0.05, 0.1) is 5.69 Å². The first kappa shape index (κ1) is 33.9. The van der Waals surface area contributed by atoms with Crippen molar-refractivity contribution in [3.63, 3.8) is 0 Å². The first-order valence-electron chi connectivity index (χ1n) is 19.2. The fraction of sp³-hybridized carbons (Fsp3) is 0. The Balaban J connectivity index is 0.000000607. The van der Waals surface area contributed by atoms with Crippen LogP contribution in [-0.2, 0) is 0 Å². The molecule has 11 aromatic rings. The summed E-state index contributed by atoms with van der Waals surface area (Å²) in [4.78, 5) is 10.5. The van der Waals surface area contributed by atoms with Gasteiger partial charge in [0.25, 0.3) is 0 Å². The lowest BCUT2D eigenvalue weighted by Gasteiger charge is -2.12. The molecule has 0 fully saturated rings. The van der Waals surface area contributed by atoms with Gasteiger partial charge in [-0.1, -0.05) is 182 Å². The van der Waals surface area contributed by atoms with Crippen LogP contribution in [-0.4, -0.2) is 9.97 Å². The minimum atomic E-state index is 0.660. The molecule has 2 aromatic heterocycles. The fourth-order valence-electron chi connectivity index (χ4n) is 7.65. The Kier molecular flexibility index (Phi) is 8.86. The second-order valence-corrected chi connectivity index (χ2v) is 14.2. The Labute approximate surface area is 331 Å². The molecular formula is C54H36N2O. The highest BCUT2D eigenvalue weighted by Crippen LogP contribution is 2.39. The van der Waals surface area contributed by atoms with Gasteiger partial charge in [0, 0.05) is 27.3 Å². The summed E-state index contributed by atoms with van der Waals surface area (Å²) >= 11 is 0. The van der Waals surface area contributed by atoms with E-state index in [4.69, 9.17) is 14.4 Å². The molecule has 0 amide bonds. The van der Waals surface area contributed by atoms with Gasteiger partial charge >= 0.3 is 0 Å². The number of benzene rings is 9. The van der Waals surface area contributed by atoms with E-state index < -0.39 is 0 Å². The van der Waals surface area contributed by atoms with Gasteiger partial charge in [0.2, 0.25) is 0 Å². The average Bonchev–Trinajstić information content (AvgIpc) is 3.69. The van der Waals surface area contributed by atoms with E-state index in [1.54, 1.807) is 0 Å². The van der Waals surface area contributed by atoms with Crippen molar-refractivity contribution in [1.82, 2.24) is 9.97 Å². The van der Waals surface area contributed by atoms with Gasteiger partial charge in [-0.15, -0.1) is 0 Å². The van der Waals surface area contributed by atoms with E-state index in [1.807, 2.05) is 60.7 Å². The van der Waals surface area contributed by atoms with Crippen LogP contribution in [0.4, 0.5) is 0 Å². The average molecular weight is 729 g/mol. The summed E-state index contributed by atoms with van der Waals surface area (Å²) in [5.74, 6) is 0.660. The molecule has 11 rings (SSSR count). The van der Waals surface area contributed by atoms with Crippen molar-refractivity contribution in [1.29, 1.82) is 0 Å². The van der Waals surface area contributed by atoms with Crippen molar-refractivity contribution in [3.8, 4) is 56.0 Å². The maximum Gasteiger partial charge on any atom is 0.161 e. The zero-order chi connectivity index (χ0) is 38.0. The van der Waals surface area contributed by atoms with Crippen LogP contribution in [0.15, 0.2) is 223 Å². The van der Waals surface area contributed by atoms with Crippen LogP contribution in [0.25, 0.3) is 99.6 Å². The highest BCUT2D eigenvalue weighted by atomic mass is 16.3. The summed E-state index contributed by atoms with van der Waals surface area (Å²) in [6, 6.07) is 76.0. The summed E-state index contributed by atoms with van der Waals surface area (Å²) < 4.78 is 6.51. The minimum absolute atomic E-state index is 0.660. The monoisotopic (exact) mass is 728 g/mol. The van der Waals surface area contributed by atoms with Gasteiger partial charge in [-0.2, -0.15) is 0 Å². The van der Waals surface area contributed by atoms with Gasteiger partial charge in [-0.25, -0.2) is 9.97 Å². The Morgan fingerprint density at radius 3 is 1.54 bits per heavy atom.